The fourth-order valence-corrected chi connectivity index (χ4v) is 2.03. The molecule has 0 aliphatic heterocycles. The maximum Gasteiger partial charge on any atom is 0.189 e. The zero-order chi connectivity index (χ0) is 16.0. The molecule has 114 valence electrons. The maximum atomic E-state index is 11.9. The first-order chi connectivity index (χ1) is 9.65. The fourth-order valence-electron chi connectivity index (χ4n) is 1.22. The van der Waals surface area contributed by atoms with Crippen molar-refractivity contribution in [3.8, 4) is 5.75 Å². The molecule has 3 heteroatoms. The molecular weight excluding hydrogens is 268 g/mol. The van der Waals surface area contributed by atoms with E-state index in [1.54, 1.807) is 23.9 Å². The van der Waals surface area contributed by atoms with Crippen molar-refractivity contribution in [2.24, 2.45) is 0 Å². The summed E-state index contributed by atoms with van der Waals surface area (Å²) in [5.74, 6) is 1.85. The number of phenolic OH excluding ortho intramolecular Hbond substituents is 1. The van der Waals surface area contributed by atoms with Crippen LogP contribution in [0.25, 0.3) is 0 Å². The highest BCUT2D eigenvalue weighted by Gasteiger charge is 2.09. The Hall–Kier alpha value is -1.22. The predicted molar refractivity (Wildman–Crippen MR) is 91.9 cm³/mol. The minimum absolute atomic E-state index is 0.0383. The Labute approximate surface area is 128 Å². The predicted octanol–water partition coefficient (Wildman–Crippen LogP) is 5.33. The van der Waals surface area contributed by atoms with Gasteiger partial charge in [0.05, 0.1) is 0 Å². The number of ketones is 1. The highest BCUT2D eigenvalue weighted by Crippen LogP contribution is 2.15. The van der Waals surface area contributed by atoms with Crippen LogP contribution < -0.4 is 0 Å². The highest BCUT2D eigenvalue weighted by atomic mass is 32.2. The van der Waals surface area contributed by atoms with Crippen molar-refractivity contribution in [1.29, 1.82) is 0 Å². The lowest BCUT2D eigenvalue weighted by atomic mass is 10.1. The second-order valence-electron chi connectivity index (χ2n) is 3.53. The first-order valence-corrected chi connectivity index (χ1v) is 8.40. The van der Waals surface area contributed by atoms with Crippen LogP contribution in [0.2, 0.25) is 0 Å². The summed E-state index contributed by atoms with van der Waals surface area (Å²) in [5.41, 5.74) is 1.20. The number of aromatic hydroxyl groups is 1. The Bertz CT molecular complexity index is 369. The van der Waals surface area contributed by atoms with Gasteiger partial charge < -0.3 is 5.11 Å². The summed E-state index contributed by atoms with van der Waals surface area (Å²) in [4.78, 5) is 11.9. The molecule has 0 aliphatic rings. The van der Waals surface area contributed by atoms with E-state index in [1.165, 1.54) is 12.1 Å². The molecule has 0 heterocycles. The van der Waals surface area contributed by atoms with Crippen molar-refractivity contribution in [1.82, 2.24) is 0 Å². The van der Waals surface area contributed by atoms with E-state index in [2.05, 4.69) is 13.5 Å². The van der Waals surface area contributed by atoms with Gasteiger partial charge in [-0.25, -0.2) is 0 Å². The van der Waals surface area contributed by atoms with E-state index in [0.717, 1.165) is 12.2 Å². The lowest BCUT2D eigenvalue weighted by Crippen LogP contribution is -2.04. The second-order valence-corrected chi connectivity index (χ2v) is 4.64. The standard InChI is InChI=1S/C13H16O2S.2C2H6/c1-3-8-16-9-10(2)13(15)11-4-6-12(14)7-5-11;2*1-2/h4-7,14H,2-3,8-9H2,1H3;2*1-2H3. The van der Waals surface area contributed by atoms with Gasteiger partial charge in [-0.05, 0) is 36.4 Å². The van der Waals surface area contributed by atoms with Crippen LogP contribution in [0.5, 0.6) is 5.75 Å². The van der Waals surface area contributed by atoms with E-state index in [0.29, 0.717) is 16.9 Å². The Morgan fingerprint density at radius 1 is 1.15 bits per heavy atom. The first kappa shape index (κ1) is 21.1. The minimum Gasteiger partial charge on any atom is -0.508 e. The Morgan fingerprint density at radius 2 is 1.65 bits per heavy atom. The van der Waals surface area contributed by atoms with Gasteiger partial charge in [-0.1, -0.05) is 41.2 Å². The molecule has 1 aromatic carbocycles. The van der Waals surface area contributed by atoms with Crippen molar-refractivity contribution in [2.45, 2.75) is 41.0 Å². The van der Waals surface area contributed by atoms with Crippen LogP contribution in [0, 0.1) is 0 Å². The lowest BCUT2D eigenvalue weighted by molar-refractivity contribution is 0.103. The molecule has 1 aromatic rings. The number of benzene rings is 1. The molecule has 0 saturated heterocycles. The van der Waals surface area contributed by atoms with Gasteiger partial charge >= 0.3 is 0 Å². The van der Waals surface area contributed by atoms with E-state index in [-0.39, 0.29) is 11.5 Å². The summed E-state index contributed by atoms with van der Waals surface area (Å²) in [6.07, 6.45) is 1.10. The molecule has 0 atom stereocenters. The molecule has 0 amide bonds. The zero-order valence-corrected chi connectivity index (χ0v) is 14.2. The largest absolute Gasteiger partial charge is 0.508 e. The monoisotopic (exact) mass is 296 g/mol. The maximum absolute atomic E-state index is 11.9. The van der Waals surface area contributed by atoms with Gasteiger partial charge in [-0.15, -0.1) is 0 Å². The third-order valence-corrected chi connectivity index (χ3v) is 3.32. The summed E-state index contributed by atoms with van der Waals surface area (Å²) >= 11 is 1.72. The van der Waals surface area contributed by atoms with E-state index in [9.17, 15) is 4.79 Å². The Kier molecular flexibility index (Phi) is 15.0. The van der Waals surface area contributed by atoms with E-state index in [1.807, 2.05) is 27.7 Å². The molecular formula is C17H28O2S. The Balaban J connectivity index is 0. The summed E-state index contributed by atoms with van der Waals surface area (Å²) in [6.45, 7) is 13.9. The summed E-state index contributed by atoms with van der Waals surface area (Å²) in [6, 6.07) is 6.26. The number of thioether (sulfide) groups is 1. The van der Waals surface area contributed by atoms with Gasteiger partial charge in [0.2, 0.25) is 0 Å². The van der Waals surface area contributed by atoms with Crippen molar-refractivity contribution < 1.29 is 9.90 Å². The number of carbonyl (C=O) groups is 1. The van der Waals surface area contributed by atoms with Crippen LogP contribution in [0.1, 0.15) is 51.4 Å². The second kappa shape index (κ2) is 14.2. The number of phenols is 1. The van der Waals surface area contributed by atoms with Gasteiger partial charge in [-0.2, -0.15) is 11.8 Å². The van der Waals surface area contributed by atoms with Crippen LogP contribution >= 0.6 is 11.8 Å². The van der Waals surface area contributed by atoms with E-state index in [4.69, 9.17) is 5.11 Å². The molecule has 0 fully saturated rings. The minimum atomic E-state index is -0.0383. The van der Waals surface area contributed by atoms with Crippen LogP contribution in [-0.4, -0.2) is 22.4 Å². The normalized spacial score (nSPS) is 8.65. The quantitative estimate of drug-likeness (QED) is 0.438. The number of Topliss-reactive ketones (excluding diaryl/α,β-unsaturated/α-hetero) is 1. The molecule has 1 N–H and O–H groups in total. The highest BCUT2D eigenvalue weighted by molar-refractivity contribution is 7.99. The molecule has 0 aliphatic carbocycles. The number of carbonyl (C=O) groups excluding carboxylic acids is 1. The topological polar surface area (TPSA) is 37.3 Å². The van der Waals surface area contributed by atoms with Gasteiger partial charge in [0.1, 0.15) is 5.75 Å². The number of hydrogen-bond acceptors (Lipinski definition) is 3. The van der Waals surface area contributed by atoms with Crippen molar-refractivity contribution in [3.05, 3.63) is 42.0 Å². The Morgan fingerprint density at radius 3 is 2.10 bits per heavy atom. The molecule has 0 aromatic heterocycles. The third-order valence-electron chi connectivity index (χ3n) is 2.08. The van der Waals surface area contributed by atoms with E-state index >= 15 is 0 Å². The molecule has 0 radical (unpaired) electrons. The average molecular weight is 296 g/mol. The van der Waals surface area contributed by atoms with Gasteiger partial charge in [-0.3, -0.25) is 4.79 Å². The first-order valence-electron chi connectivity index (χ1n) is 7.24. The molecule has 20 heavy (non-hydrogen) atoms. The van der Waals surface area contributed by atoms with Crippen LogP contribution in [0.15, 0.2) is 36.4 Å². The average Bonchev–Trinajstić information content (AvgIpc) is 2.51. The van der Waals surface area contributed by atoms with Gasteiger partial charge in [0.25, 0.3) is 0 Å². The summed E-state index contributed by atoms with van der Waals surface area (Å²) in [5, 5.41) is 9.11. The van der Waals surface area contributed by atoms with Crippen molar-refractivity contribution in [2.75, 3.05) is 11.5 Å². The molecule has 0 bridgehead atoms. The lowest BCUT2D eigenvalue weighted by Gasteiger charge is -2.04. The summed E-state index contributed by atoms with van der Waals surface area (Å²) < 4.78 is 0. The molecule has 2 nitrogen and oxygen atoms in total. The fraction of sp³-hybridized carbons (Fsp3) is 0.471. The van der Waals surface area contributed by atoms with Crippen LogP contribution in [-0.2, 0) is 0 Å². The number of hydrogen-bond donors (Lipinski definition) is 1. The third kappa shape index (κ3) is 8.81. The zero-order valence-electron chi connectivity index (χ0n) is 13.4. The molecule has 0 spiro atoms. The van der Waals surface area contributed by atoms with Crippen LogP contribution in [0.4, 0.5) is 0 Å². The molecule has 0 saturated carbocycles. The smallest absolute Gasteiger partial charge is 0.189 e. The number of rotatable bonds is 6. The van der Waals surface area contributed by atoms with Crippen LogP contribution in [0.3, 0.4) is 0 Å². The van der Waals surface area contributed by atoms with Gasteiger partial charge in [0.15, 0.2) is 5.78 Å². The summed E-state index contributed by atoms with van der Waals surface area (Å²) in [7, 11) is 0. The van der Waals surface area contributed by atoms with Crippen molar-refractivity contribution >= 4 is 17.5 Å². The molecule has 0 unspecified atom stereocenters. The SMILES string of the molecule is C=C(CSCCC)C(=O)c1ccc(O)cc1.CC.CC. The van der Waals surface area contributed by atoms with Crippen molar-refractivity contribution in [3.63, 3.8) is 0 Å². The van der Waals surface area contributed by atoms with Gasteiger partial charge in [0, 0.05) is 16.9 Å². The molecule has 1 rings (SSSR count). The van der Waals surface area contributed by atoms with E-state index < -0.39 is 0 Å².